The van der Waals surface area contributed by atoms with Crippen LogP contribution in [0.1, 0.15) is 20.8 Å². The number of methoxy groups -OCH3 is 1. The fourth-order valence-electron chi connectivity index (χ4n) is 3.32. The number of β-lactam (4-membered cyclic amide) rings is 1. The molecular formula is C24H33NO6SSi. The Balaban J connectivity index is 1.84. The quantitative estimate of drug-likeness (QED) is 0.209. The number of para-hydroxylation sites is 1. The minimum Gasteiger partial charge on any atom is -0.488 e. The molecule has 0 aromatic heterocycles. The maximum absolute atomic E-state index is 13.4. The van der Waals surface area contributed by atoms with E-state index in [4.69, 9.17) is 18.6 Å². The number of hydrogen-bond acceptors (Lipinski definition) is 7. The van der Waals surface area contributed by atoms with Gasteiger partial charge in [-0.05, 0) is 30.3 Å². The number of thioether (sulfide) groups is 1. The fourth-order valence-corrected chi connectivity index (χ4v) is 5.78. The molecule has 7 nitrogen and oxygen atoms in total. The molecule has 2 aliphatic heterocycles. The number of benzene rings is 1. The van der Waals surface area contributed by atoms with Crippen molar-refractivity contribution < 1.29 is 28.2 Å². The minimum atomic E-state index is -2.12. The number of ether oxygens (including phenoxy) is 3. The van der Waals surface area contributed by atoms with Crippen molar-refractivity contribution in [3.05, 3.63) is 53.6 Å². The summed E-state index contributed by atoms with van der Waals surface area (Å²) in [6.07, 6.45) is 1.49. The SMILES string of the molecule is C=CCOC(=O)C1=C(COc2ccccc2)S[C@H]2N1C(=O)[C@]2(CO[Si](C)(C)C(C)(C)C)OC. The number of hydrogen-bond donors (Lipinski definition) is 0. The van der Waals surface area contributed by atoms with Crippen molar-refractivity contribution in [1.82, 2.24) is 4.90 Å². The summed E-state index contributed by atoms with van der Waals surface area (Å²) in [5.41, 5.74) is -0.966. The molecule has 2 aliphatic rings. The Hall–Kier alpha value is -2.07. The third-order valence-electron chi connectivity index (χ3n) is 6.43. The highest BCUT2D eigenvalue weighted by Gasteiger charge is 2.68. The van der Waals surface area contributed by atoms with E-state index in [0.29, 0.717) is 10.7 Å². The number of nitrogens with zero attached hydrogens (tertiary/aromatic N) is 1. The van der Waals surface area contributed by atoms with Crippen LogP contribution in [0.15, 0.2) is 53.6 Å². The average Bonchev–Trinajstić information content (AvgIpc) is 3.13. The van der Waals surface area contributed by atoms with Crippen LogP contribution in [-0.2, 0) is 23.5 Å². The Bertz CT molecular complexity index is 942. The van der Waals surface area contributed by atoms with Crippen LogP contribution in [-0.4, -0.2) is 63.0 Å². The average molecular weight is 492 g/mol. The molecule has 9 heteroatoms. The first-order valence-corrected chi connectivity index (χ1v) is 14.7. The molecule has 2 atom stereocenters. The van der Waals surface area contributed by atoms with E-state index in [-0.39, 0.29) is 36.5 Å². The van der Waals surface area contributed by atoms with Gasteiger partial charge in [0.05, 0.1) is 11.5 Å². The van der Waals surface area contributed by atoms with Gasteiger partial charge in [-0.3, -0.25) is 9.69 Å². The number of esters is 1. The summed E-state index contributed by atoms with van der Waals surface area (Å²) >= 11 is 1.39. The minimum absolute atomic E-state index is 0.0101. The Morgan fingerprint density at radius 1 is 1.27 bits per heavy atom. The second-order valence-corrected chi connectivity index (χ2v) is 15.5. The van der Waals surface area contributed by atoms with Gasteiger partial charge in [0.25, 0.3) is 5.91 Å². The second-order valence-electron chi connectivity index (χ2n) is 9.55. The lowest BCUT2D eigenvalue weighted by Gasteiger charge is -2.52. The van der Waals surface area contributed by atoms with Crippen molar-refractivity contribution in [2.75, 3.05) is 26.9 Å². The molecule has 1 fully saturated rings. The summed E-state index contributed by atoms with van der Waals surface area (Å²) < 4.78 is 23.3. The van der Waals surface area contributed by atoms with Gasteiger partial charge in [-0.2, -0.15) is 0 Å². The molecule has 1 saturated heterocycles. The van der Waals surface area contributed by atoms with Crippen LogP contribution >= 0.6 is 11.8 Å². The van der Waals surface area contributed by atoms with Crippen LogP contribution in [0, 0.1) is 0 Å². The van der Waals surface area contributed by atoms with Crippen LogP contribution in [0.4, 0.5) is 0 Å². The lowest BCUT2D eigenvalue weighted by atomic mass is 9.92. The molecule has 1 aromatic carbocycles. The van der Waals surface area contributed by atoms with E-state index in [0.717, 1.165) is 0 Å². The Morgan fingerprint density at radius 3 is 2.52 bits per heavy atom. The summed E-state index contributed by atoms with van der Waals surface area (Å²) in [7, 11) is -0.608. The molecule has 33 heavy (non-hydrogen) atoms. The third kappa shape index (κ3) is 4.77. The summed E-state index contributed by atoms with van der Waals surface area (Å²) in [6.45, 7) is 14.6. The van der Waals surface area contributed by atoms with Crippen LogP contribution < -0.4 is 4.74 Å². The van der Waals surface area contributed by atoms with E-state index in [1.807, 2.05) is 30.3 Å². The van der Waals surface area contributed by atoms with E-state index in [9.17, 15) is 9.59 Å². The summed E-state index contributed by atoms with van der Waals surface area (Å²) in [4.78, 5) is 28.3. The molecule has 2 heterocycles. The van der Waals surface area contributed by atoms with Gasteiger partial charge in [-0.15, -0.1) is 0 Å². The molecule has 0 N–H and O–H groups in total. The summed E-state index contributed by atoms with van der Waals surface area (Å²) in [6, 6.07) is 9.31. The van der Waals surface area contributed by atoms with Gasteiger partial charge < -0.3 is 18.6 Å². The molecule has 0 bridgehead atoms. The molecule has 0 unspecified atom stereocenters. The molecule has 3 rings (SSSR count). The number of amides is 1. The molecular weight excluding hydrogens is 458 g/mol. The first-order valence-electron chi connectivity index (χ1n) is 10.9. The maximum atomic E-state index is 13.4. The molecule has 180 valence electrons. The highest BCUT2D eigenvalue weighted by Crippen LogP contribution is 2.53. The molecule has 1 amide bonds. The van der Waals surface area contributed by atoms with Crippen molar-refractivity contribution in [2.24, 2.45) is 0 Å². The van der Waals surface area contributed by atoms with E-state index < -0.39 is 25.3 Å². The number of rotatable bonds is 10. The molecule has 0 radical (unpaired) electrons. The smallest absolute Gasteiger partial charge is 0.356 e. The van der Waals surface area contributed by atoms with Gasteiger partial charge in [-0.25, -0.2) is 4.79 Å². The highest BCUT2D eigenvalue weighted by atomic mass is 32.2. The van der Waals surface area contributed by atoms with Crippen LogP contribution in [0.5, 0.6) is 5.75 Å². The van der Waals surface area contributed by atoms with E-state index >= 15 is 0 Å². The van der Waals surface area contributed by atoms with Crippen LogP contribution in [0.2, 0.25) is 18.1 Å². The Kier molecular flexibility index (Phi) is 7.48. The molecule has 0 saturated carbocycles. The first kappa shape index (κ1) is 25.5. The first-order chi connectivity index (χ1) is 15.5. The van der Waals surface area contributed by atoms with Crippen molar-refractivity contribution in [1.29, 1.82) is 0 Å². The summed E-state index contributed by atoms with van der Waals surface area (Å²) in [5.74, 6) is -0.217. The van der Waals surface area contributed by atoms with Gasteiger partial charge in [-0.1, -0.05) is 63.4 Å². The number of carbonyl (C=O) groups excluding carboxylic acids is 2. The largest absolute Gasteiger partial charge is 0.488 e. The lowest BCUT2D eigenvalue weighted by Crippen LogP contribution is -2.74. The fraction of sp³-hybridized carbons (Fsp3) is 0.500. The number of fused-ring (bicyclic) bond motifs is 1. The Morgan fingerprint density at radius 2 is 1.94 bits per heavy atom. The molecule has 0 aliphatic carbocycles. The van der Waals surface area contributed by atoms with E-state index in [1.54, 1.807) is 0 Å². The second kappa shape index (κ2) is 9.66. The zero-order valence-corrected chi connectivity index (χ0v) is 22.0. The van der Waals surface area contributed by atoms with Crippen molar-refractivity contribution >= 4 is 32.0 Å². The van der Waals surface area contributed by atoms with Crippen molar-refractivity contribution in [3.8, 4) is 5.75 Å². The van der Waals surface area contributed by atoms with Gasteiger partial charge in [0, 0.05) is 7.11 Å². The van der Waals surface area contributed by atoms with Gasteiger partial charge >= 0.3 is 5.97 Å². The van der Waals surface area contributed by atoms with Gasteiger partial charge in [0.1, 0.15) is 30.0 Å². The lowest BCUT2D eigenvalue weighted by molar-refractivity contribution is -0.189. The molecule has 0 spiro atoms. The van der Waals surface area contributed by atoms with Crippen molar-refractivity contribution in [3.63, 3.8) is 0 Å². The highest BCUT2D eigenvalue weighted by molar-refractivity contribution is 8.04. The predicted molar refractivity (Wildman–Crippen MR) is 131 cm³/mol. The Labute approximate surface area is 201 Å². The van der Waals surface area contributed by atoms with Gasteiger partial charge in [0.15, 0.2) is 13.9 Å². The van der Waals surface area contributed by atoms with E-state index in [2.05, 4.69) is 40.4 Å². The number of carbonyl (C=O) groups is 2. The van der Waals surface area contributed by atoms with E-state index in [1.165, 1.54) is 29.8 Å². The zero-order chi connectivity index (χ0) is 24.4. The summed E-state index contributed by atoms with van der Waals surface area (Å²) in [5, 5.41) is -0.440. The maximum Gasteiger partial charge on any atom is 0.356 e. The van der Waals surface area contributed by atoms with Crippen molar-refractivity contribution in [2.45, 2.75) is 49.9 Å². The molecule has 1 aromatic rings. The van der Waals surface area contributed by atoms with Crippen LogP contribution in [0.3, 0.4) is 0 Å². The van der Waals surface area contributed by atoms with Gasteiger partial charge in [0.2, 0.25) is 0 Å². The topological polar surface area (TPSA) is 74.3 Å². The monoisotopic (exact) mass is 491 g/mol. The standard InChI is InChI=1S/C24H33NO6SSi/c1-8-14-29-20(26)19-18(15-30-17-12-10-9-11-13-17)32-22-24(28-5,21(27)25(19)22)16-31-33(6,7)23(2,3)4/h8-13,22H,1,14-16H2,2-7H3/t22-,24+/m1/s1. The zero-order valence-electron chi connectivity index (χ0n) is 20.2. The normalized spacial score (nSPS) is 22.7. The predicted octanol–water partition coefficient (Wildman–Crippen LogP) is 4.33. The van der Waals surface area contributed by atoms with Crippen LogP contribution in [0.25, 0.3) is 0 Å². The third-order valence-corrected chi connectivity index (χ3v) is 12.3.